The van der Waals surface area contributed by atoms with Gasteiger partial charge in [-0.1, -0.05) is 0 Å². The Morgan fingerprint density at radius 1 is 1.22 bits per heavy atom. The van der Waals surface area contributed by atoms with Gasteiger partial charge in [-0.15, -0.1) is 11.3 Å². The number of aryl methyl sites for hydroxylation is 2. The molecular formula is C16H16N6S. The Morgan fingerprint density at radius 2 is 2.13 bits per heavy atom. The molecule has 0 unspecified atom stereocenters. The summed E-state index contributed by atoms with van der Waals surface area (Å²) in [5.41, 5.74) is 2.96. The second-order valence-corrected chi connectivity index (χ2v) is 6.33. The number of hydrogen-bond acceptors (Lipinski definition) is 5. The molecule has 4 aromatic rings. The maximum absolute atomic E-state index is 4.75. The fraction of sp³-hybridized carbons (Fsp3) is 0.250. The number of fused-ring (bicyclic) bond motifs is 1. The first kappa shape index (κ1) is 14.1. The highest BCUT2D eigenvalue weighted by molar-refractivity contribution is 7.09. The van der Waals surface area contributed by atoms with Crippen LogP contribution in [0.25, 0.3) is 22.6 Å². The van der Waals surface area contributed by atoms with Crippen LogP contribution in [-0.2, 0) is 13.1 Å². The van der Waals surface area contributed by atoms with Crippen LogP contribution >= 0.6 is 11.3 Å². The number of nitrogens with zero attached hydrogens (tertiary/aromatic N) is 6. The lowest BCUT2D eigenvalue weighted by molar-refractivity contribution is 0.666. The molecule has 0 N–H and O–H groups in total. The first-order chi connectivity index (χ1) is 11.3. The summed E-state index contributed by atoms with van der Waals surface area (Å²) in [6.45, 7) is 5.65. The van der Waals surface area contributed by atoms with Crippen molar-refractivity contribution in [2.45, 2.75) is 26.9 Å². The summed E-state index contributed by atoms with van der Waals surface area (Å²) in [6.07, 6.45) is 7.43. The summed E-state index contributed by atoms with van der Waals surface area (Å²) in [5.74, 6) is 1.88. The molecule has 116 valence electrons. The molecule has 0 saturated carbocycles. The van der Waals surface area contributed by atoms with E-state index >= 15 is 0 Å². The van der Waals surface area contributed by atoms with Gasteiger partial charge in [-0.25, -0.2) is 15.0 Å². The standard InChI is InChI=1S/C16H16N6S/c1-3-22-14-8-17-5-4-12(14)20-15(22)9-21-7-6-18-16(21)13-10-23-11(2)19-13/h4-8,10H,3,9H2,1-2H3. The zero-order valence-corrected chi connectivity index (χ0v) is 13.8. The second kappa shape index (κ2) is 5.58. The highest BCUT2D eigenvalue weighted by Crippen LogP contribution is 2.22. The molecule has 0 spiro atoms. The summed E-state index contributed by atoms with van der Waals surface area (Å²) in [7, 11) is 0. The van der Waals surface area contributed by atoms with E-state index in [2.05, 4.69) is 31.0 Å². The first-order valence-corrected chi connectivity index (χ1v) is 8.37. The molecule has 7 heteroatoms. The summed E-state index contributed by atoms with van der Waals surface area (Å²) in [6, 6.07) is 1.95. The van der Waals surface area contributed by atoms with Crippen molar-refractivity contribution < 1.29 is 0 Å². The smallest absolute Gasteiger partial charge is 0.159 e. The topological polar surface area (TPSA) is 61.4 Å². The van der Waals surface area contributed by atoms with E-state index in [-0.39, 0.29) is 0 Å². The van der Waals surface area contributed by atoms with Crippen LogP contribution in [-0.4, -0.2) is 29.1 Å². The molecule has 4 heterocycles. The van der Waals surface area contributed by atoms with E-state index in [0.717, 1.165) is 39.9 Å². The number of aromatic nitrogens is 6. The summed E-state index contributed by atoms with van der Waals surface area (Å²) in [5, 5.41) is 3.09. The van der Waals surface area contributed by atoms with Crippen LogP contribution in [0, 0.1) is 6.92 Å². The largest absolute Gasteiger partial charge is 0.325 e. The number of rotatable bonds is 4. The molecule has 0 amide bonds. The van der Waals surface area contributed by atoms with Crippen molar-refractivity contribution in [3.8, 4) is 11.5 Å². The van der Waals surface area contributed by atoms with Crippen molar-refractivity contribution in [1.29, 1.82) is 0 Å². The monoisotopic (exact) mass is 324 g/mol. The van der Waals surface area contributed by atoms with Gasteiger partial charge < -0.3 is 9.13 Å². The predicted octanol–water partition coefficient (Wildman–Crippen LogP) is 3.13. The molecule has 0 saturated heterocycles. The number of thiazole rings is 1. The van der Waals surface area contributed by atoms with Crippen LogP contribution in [0.1, 0.15) is 17.8 Å². The molecule has 4 rings (SSSR count). The van der Waals surface area contributed by atoms with Crippen LogP contribution in [0.5, 0.6) is 0 Å². The van der Waals surface area contributed by atoms with Crippen molar-refractivity contribution >= 4 is 22.4 Å². The molecule has 0 atom stereocenters. The van der Waals surface area contributed by atoms with Gasteiger partial charge in [-0.05, 0) is 19.9 Å². The third-order valence-corrected chi connectivity index (χ3v) is 4.59. The molecule has 0 aromatic carbocycles. The predicted molar refractivity (Wildman–Crippen MR) is 90.4 cm³/mol. The Morgan fingerprint density at radius 3 is 2.91 bits per heavy atom. The molecule has 0 bridgehead atoms. The highest BCUT2D eigenvalue weighted by Gasteiger charge is 2.14. The fourth-order valence-electron chi connectivity index (χ4n) is 2.78. The highest BCUT2D eigenvalue weighted by atomic mass is 32.1. The van der Waals surface area contributed by atoms with Gasteiger partial charge in [0.25, 0.3) is 0 Å². The van der Waals surface area contributed by atoms with Crippen LogP contribution in [0.15, 0.2) is 36.2 Å². The molecule has 0 aliphatic rings. The fourth-order valence-corrected chi connectivity index (χ4v) is 3.37. The van der Waals surface area contributed by atoms with Gasteiger partial charge in [0.1, 0.15) is 11.5 Å². The molecule has 4 aromatic heterocycles. The zero-order valence-electron chi connectivity index (χ0n) is 13.0. The van der Waals surface area contributed by atoms with Gasteiger partial charge >= 0.3 is 0 Å². The zero-order chi connectivity index (χ0) is 15.8. The van der Waals surface area contributed by atoms with E-state index in [1.807, 2.05) is 37.0 Å². The van der Waals surface area contributed by atoms with Crippen molar-refractivity contribution in [2.24, 2.45) is 0 Å². The third-order valence-electron chi connectivity index (χ3n) is 3.82. The van der Waals surface area contributed by atoms with E-state index in [1.165, 1.54) is 0 Å². The first-order valence-electron chi connectivity index (χ1n) is 7.49. The van der Waals surface area contributed by atoms with Crippen molar-refractivity contribution in [3.63, 3.8) is 0 Å². The molecule has 0 radical (unpaired) electrons. The van der Waals surface area contributed by atoms with E-state index in [4.69, 9.17) is 4.98 Å². The maximum Gasteiger partial charge on any atom is 0.159 e. The lowest BCUT2D eigenvalue weighted by Gasteiger charge is -2.08. The number of hydrogen-bond donors (Lipinski definition) is 0. The van der Waals surface area contributed by atoms with Crippen molar-refractivity contribution in [1.82, 2.24) is 29.1 Å². The SMILES string of the molecule is CCn1c(Cn2ccnc2-c2csc(C)n2)nc2ccncc21. The number of imidazole rings is 2. The van der Waals surface area contributed by atoms with E-state index < -0.39 is 0 Å². The van der Waals surface area contributed by atoms with Crippen LogP contribution in [0.3, 0.4) is 0 Å². The molecule has 0 aliphatic carbocycles. The summed E-state index contributed by atoms with van der Waals surface area (Å²) in [4.78, 5) is 18.0. The quantitative estimate of drug-likeness (QED) is 0.578. The normalized spacial score (nSPS) is 11.4. The summed E-state index contributed by atoms with van der Waals surface area (Å²) < 4.78 is 4.29. The van der Waals surface area contributed by atoms with Gasteiger partial charge in [0.15, 0.2) is 5.82 Å². The lowest BCUT2D eigenvalue weighted by atomic mass is 10.4. The number of pyridine rings is 1. The Balaban J connectivity index is 1.76. The Kier molecular flexibility index (Phi) is 3.42. The van der Waals surface area contributed by atoms with E-state index in [9.17, 15) is 0 Å². The third kappa shape index (κ3) is 2.43. The second-order valence-electron chi connectivity index (χ2n) is 5.27. The molecule has 23 heavy (non-hydrogen) atoms. The minimum Gasteiger partial charge on any atom is -0.325 e. The minimum atomic E-state index is 0.661. The van der Waals surface area contributed by atoms with Gasteiger partial charge in [0.05, 0.1) is 28.8 Å². The van der Waals surface area contributed by atoms with E-state index in [0.29, 0.717) is 6.54 Å². The van der Waals surface area contributed by atoms with Gasteiger partial charge in [0.2, 0.25) is 0 Å². The minimum absolute atomic E-state index is 0.661. The average Bonchev–Trinajstić information content (AvgIpc) is 3.25. The van der Waals surface area contributed by atoms with Crippen LogP contribution in [0.2, 0.25) is 0 Å². The van der Waals surface area contributed by atoms with Crippen LogP contribution < -0.4 is 0 Å². The maximum atomic E-state index is 4.75. The molecular weight excluding hydrogens is 308 g/mol. The van der Waals surface area contributed by atoms with E-state index in [1.54, 1.807) is 17.5 Å². The lowest BCUT2D eigenvalue weighted by Crippen LogP contribution is -2.08. The van der Waals surface area contributed by atoms with Crippen molar-refractivity contribution in [2.75, 3.05) is 0 Å². The van der Waals surface area contributed by atoms with Gasteiger partial charge in [-0.3, -0.25) is 4.98 Å². The van der Waals surface area contributed by atoms with Crippen LogP contribution in [0.4, 0.5) is 0 Å². The Labute approximate surface area is 137 Å². The summed E-state index contributed by atoms with van der Waals surface area (Å²) >= 11 is 1.64. The molecule has 0 aliphatic heterocycles. The average molecular weight is 324 g/mol. The Hall–Kier alpha value is -2.54. The van der Waals surface area contributed by atoms with Gasteiger partial charge in [0, 0.05) is 30.5 Å². The molecule has 6 nitrogen and oxygen atoms in total. The van der Waals surface area contributed by atoms with Crippen molar-refractivity contribution in [3.05, 3.63) is 47.1 Å². The Bertz CT molecular complexity index is 964. The molecule has 0 fully saturated rings. The van der Waals surface area contributed by atoms with Gasteiger partial charge in [-0.2, -0.15) is 0 Å².